The van der Waals surface area contributed by atoms with Gasteiger partial charge in [-0.1, -0.05) is 22.9 Å². The molecule has 0 N–H and O–H groups in total. The average Bonchev–Trinajstić information content (AvgIpc) is 2.39. The van der Waals surface area contributed by atoms with Crippen molar-refractivity contribution in [2.75, 3.05) is 25.1 Å². The van der Waals surface area contributed by atoms with Crippen LogP contribution >= 0.6 is 15.9 Å². The number of rotatable bonds is 3. The molecule has 1 aromatic heterocycles. The zero-order valence-corrected chi connectivity index (χ0v) is 11.9. The molecule has 1 unspecified atom stereocenters. The standard InChI is InChI=1S/C12H18BrN3O/c1-9(13)10-3-5-16(6-4-10)11-7-14-8-12(15-11)17-2/h7-10H,3-6H2,1-2H3. The number of ether oxygens (including phenoxy) is 1. The summed E-state index contributed by atoms with van der Waals surface area (Å²) >= 11 is 3.67. The quantitative estimate of drug-likeness (QED) is 0.804. The Labute approximate surface area is 111 Å². The third kappa shape index (κ3) is 3.09. The molecule has 1 aromatic rings. The van der Waals surface area contributed by atoms with Crippen LogP contribution in [-0.4, -0.2) is 35.0 Å². The van der Waals surface area contributed by atoms with Crippen molar-refractivity contribution in [3.8, 4) is 5.88 Å². The van der Waals surface area contributed by atoms with Gasteiger partial charge >= 0.3 is 0 Å². The molecule has 1 aliphatic heterocycles. The summed E-state index contributed by atoms with van der Waals surface area (Å²) in [5.74, 6) is 2.27. The van der Waals surface area contributed by atoms with Gasteiger partial charge in [-0.05, 0) is 18.8 Å². The van der Waals surface area contributed by atoms with Crippen LogP contribution in [0.1, 0.15) is 19.8 Å². The predicted octanol–water partition coefficient (Wildman–Crippen LogP) is 2.49. The minimum absolute atomic E-state index is 0.582. The minimum Gasteiger partial charge on any atom is -0.480 e. The number of hydrogen-bond acceptors (Lipinski definition) is 4. The Morgan fingerprint density at radius 1 is 1.41 bits per heavy atom. The van der Waals surface area contributed by atoms with Gasteiger partial charge in [0.1, 0.15) is 0 Å². The van der Waals surface area contributed by atoms with E-state index in [4.69, 9.17) is 4.74 Å². The zero-order valence-electron chi connectivity index (χ0n) is 10.3. The molecule has 17 heavy (non-hydrogen) atoms. The van der Waals surface area contributed by atoms with Crippen molar-refractivity contribution in [3.05, 3.63) is 12.4 Å². The molecule has 0 radical (unpaired) electrons. The van der Waals surface area contributed by atoms with Gasteiger partial charge in [0, 0.05) is 17.9 Å². The maximum Gasteiger partial charge on any atom is 0.233 e. The van der Waals surface area contributed by atoms with E-state index in [0.29, 0.717) is 10.7 Å². The molecule has 0 bridgehead atoms. The molecule has 5 heteroatoms. The Hall–Kier alpha value is -0.840. The highest BCUT2D eigenvalue weighted by molar-refractivity contribution is 9.09. The largest absolute Gasteiger partial charge is 0.480 e. The number of nitrogens with zero attached hydrogens (tertiary/aromatic N) is 3. The smallest absolute Gasteiger partial charge is 0.233 e. The van der Waals surface area contributed by atoms with Crippen molar-refractivity contribution in [1.82, 2.24) is 9.97 Å². The van der Waals surface area contributed by atoms with Gasteiger partial charge < -0.3 is 9.64 Å². The lowest BCUT2D eigenvalue weighted by Crippen LogP contribution is -2.36. The van der Waals surface area contributed by atoms with Crippen molar-refractivity contribution in [2.45, 2.75) is 24.6 Å². The maximum absolute atomic E-state index is 5.10. The van der Waals surface area contributed by atoms with Crippen LogP contribution in [0.4, 0.5) is 5.82 Å². The van der Waals surface area contributed by atoms with Crippen LogP contribution < -0.4 is 9.64 Å². The molecule has 0 aromatic carbocycles. The van der Waals surface area contributed by atoms with Gasteiger partial charge in [-0.15, -0.1) is 0 Å². The maximum atomic E-state index is 5.10. The number of aromatic nitrogens is 2. The summed E-state index contributed by atoms with van der Waals surface area (Å²) in [6.45, 7) is 4.32. The van der Waals surface area contributed by atoms with Crippen molar-refractivity contribution in [1.29, 1.82) is 0 Å². The molecule has 1 saturated heterocycles. The summed E-state index contributed by atoms with van der Waals surface area (Å²) < 4.78 is 5.10. The first kappa shape index (κ1) is 12.6. The van der Waals surface area contributed by atoms with Crippen LogP contribution in [0.15, 0.2) is 12.4 Å². The second-order valence-corrected chi connectivity index (χ2v) is 5.87. The van der Waals surface area contributed by atoms with Gasteiger partial charge in [0.15, 0.2) is 5.82 Å². The van der Waals surface area contributed by atoms with Crippen molar-refractivity contribution in [2.24, 2.45) is 5.92 Å². The number of piperidine rings is 1. The highest BCUT2D eigenvalue weighted by Crippen LogP contribution is 2.27. The van der Waals surface area contributed by atoms with Gasteiger partial charge in [0.2, 0.25) is 5.88 Å². The van der Waals surface area contributed by atoms with E-state index >= 15 is 0 Å². The number of halogens is 1. The van der Waals surface area contributed by atoms with Crippen molar-refractivity contribution in [3.63, 3.8) is 0 Å². The molecule has 2 rings (SSSR count). The molecule has 0 spiro atoms. The van der Waals surface area contributed by atoms with Crippen molar-refractivity contribution >= 4 is 21.7 Å². The van der Waals surface area contributed by atoms with Crippen LogP contribution in [0.3, 0.4) is 0 Å². The highest BCUT2D eigenvalue weighted by Gasteiger charge is 2.23. The van der Waals surface area contributed by atoms with Crippen LogP contribution in [0, 0.1) is 5.92 Å². The number of anilines is 1. The third-order valence-electron chi connectivity index (χ3n) is 3.32. The lowest BCUT2D eigenvalue weighted by atomic mass is 9.94. The number of methoxy groups -OCH3 is 1. The molecular weight excluding hydrogens is 282 g/mol. The second kappa shape index (κ2) is 5.67. The van der Waals surface area contributed by atoms with E-state index in [1.165, 1.54) is 12.8 Å². The minimum atomic E-state index is 0.582. The zero-order chi connectivity index (χ0) is 12.3. The predicted molar refractivity (Wildman–Crippen MR) is 71.9 cm³/mol. The van der Waals surface area contributed by atoms with E-state index in [1.54, 1.807) is 19.5 Å². The molecule has 1 aliphatic rings. The van der Waals surface area contributed by atoms with E-state index in [9.17, 15) is 0 Å². The summed E-state index contributed by atoms with van der Waals surface area (Å²) in [5, 5.41) is 0. The normalized spacial score (nSPS) is 19.1. The number of alkyl halides is 1. The summed E-state index contributed by atoms with van der Waals surface area (Å²) in [5.41, 5.74) is 0. The lowest BCUT2D eigenvalue weighted by Gasteiger charge is -2.33. The summed E-state index contributed by atoms with van der Waals surface area (Å²) in [6, 6.07) is 0. The first-order valence-electron chi connectivity index (χ1n) is 5.95. The van der Waals surface area contributed by atoms with Crippen LogP contribution in [0.25, 0.3) is 0 Å². The molecule has 94 valence electrons. The van der Waals surface area contributed by atoms with Crippen molar-refractivity contribution < 1.29 is 4.74 Å². The Morgan fingerprint density at radius 2 is 2.12 bits per heavy atom. The van der Waals surface area contributed by atoms with Gasteiger partial charge in [-0.25, -0.2) is 0 Å². The van der Waals surface area contributed by atoms with Gasteiger partial charge in [0.25, 0.3) is 0 Å². The van der Waals surface area contributed by atoms with E-state index < -0.39 is 0 Å². The highest BCUT2D eigenvalue weighted by atomic mass is 79.9. The third-order valence-corrected chi connectivity index (χ3v) is 4.07. The summed E-state index contributed by atoms with van der Waals surface area (Å²) in [6.07, 6.45) is 5.84. The Kier molecular flexibility index (Phi) is 4.20. The molecule has 1 fully saturated rings. The Morgan fingerprint density at radius 3 is 2.71 bits per heavy atom. The topological polar surface area (TPSA) is 38.2 Å². The summed E-state index contributed by atoms with van der Waals surface area (Å²) in [4.78, 5) is 11.4. The fraction of sp³-hybridized carbons (Fsp3) is 0.667. The Bertz CT molecular complexity index is 365. The fourth-order valence-corrected chi connectivity index (χ4v) is 2.71. The monoisotopic (exact) mass is 299 g/mol. The molecule has 0 amide bonds. The molecular formula is C12H18BrN3O. The lowest BCUT2D eigenvalue weighted by molar-refractivity contribution is 0.388. The van der Waals surface area contributed by atoms with Crippen LogP contribution in [0.2, 0.25) is 0 Å². The summed E-state index contributed by atoms with van der Waals surface area (Å²) in [7, 11) is 1.62. The van der Waals surface area contributed by atoms with Gasteiger partial charge in [-0.3, -0.25) is 4.98 Å². The molecule has 0 aliphatic carbocycles. The first-order chi connectivity index (χ1) is 8.20. The Balaban J connectivity index is 2.00. The van der Waals surface area contributed by atoms with E-state index in [2.05, 4.69) is 37.7 Å². The number of hydrogen-bond donors (Lipinski definition) is 0. The van der Waals surface area contributed by atoms with E-state index in [1.807, 2.05) is 0 Å². The van der Waals surface area contributed by atoms with Crippen LogP contribution in [-0.2, 0) is 0 Å². The molecule has 2 heterocycles. The molecule has 1 atom stereocenters. The average molecular weight is 300 g/mol. The second-order valence-electron chi connectivity index (χ2n) is 4.42. The molecule has 4 nitrogen and oxygen atoms in total. The van der Waals surface area contributed by atoms with Gasteiger partial charge in [0.05, 0.1) is 19.5 Å². The van der Waals surface area contributed by atoms with E-state index in [-0.39, 0.29) is 0 Å². The van der Waals surface area contributed by atoms with E-state index in [0.717, 1.165) is 24.8 Å². The van der Waals surface area contributed by atoms with Gasteiger partial charge in [-0.2, -0.15) is 4.98 Å². The fourth-order valence-electron chi connectivity index (χ4n) is 2.18. The molecule has 0 saturated carbocycles. The van der Waals surface area contributed by atoms with Crippen LogP contribution in [0.5, 0.6) is 5.88 Å². The first-order valence-corrected chi connectivity index (χ1v) is 6.87. The SMILES string of the molecule is COc1cncc(N2CCC(C(C)Br)CC2)n1.